The zero-order valence-corrected chi connectivity index (χ0v) is 17.4. The molecule has 0 aliphatic carbocycles. The van der Waals surface area contributed by atoms with E-state index < -0.39 is 26.1 Å². The topological polar surface area (TPSA) is 95.9 Å². The van der Waals surface area contributed by atoms with E-state index in [4.69, 9.17) is 0 Å². The second kappa shape index (κ2) is 7.92. The molecule has 1 atom stereocenters. The maximum Gasteiger partial charge on any atom is 0.250 e. The van der Waals surface area contributed by atoms with E-state index in [2.05, 4.69) is 9.82 Å². The number of benzene rings is 2. The average molecular weight is 422 g/mol. The third kappa shape index (κ3) is 4.20. The van der Waals surface area contributed by atoms with Crippen LogP contribution in [0.3, 0.4) is 0 Å². The molecule has 1 heterocycles. The van der Waals surface area contributed by atoms with Crippen molar-refractivity contribution < 1.29 is 16.8 Å². The summed E-state index contributed by atoms with van der Waals surface area (Å²) in [6.07, 6.45) is 0.355. The molecule has 0 aromatic heterocycles. The zero-order chi connectivity index (χ0) is 20.4. The van der Waals surface area contributed by atoms with Crippen LogP contribution in [0.4, 0.5) is 5.69 Å². The summed E-state index contributed by atoms with van der Waals surface area (Å²) in [5, 5.41) is 4.40. The van der Waals surface area contributed by atoms with Crippen LogP contribution in [-0.4, -0.2) is 38.5 Å². The largest absolute Gasteiger partial charge is 0.283 e. The Morgan fingerprint density at radius 3 is 2.25 bits per heavy atom. The Morgan fingerprint density at radius 1 is 0.964 bits per heavy atom. The summed E-state index contributed by atoms with van der Waals surface area (Å²) in [7, 11) is -7.06. The second-order valence-electron chi connectivity index (χ2n) is 6.40. The number of anilines is 1. The summed E-state index contributed by atoms with van der Waals surface area (Å²) in [5.41, 5.74) is 2.34. The van der Waals surface area contributed by atoms with E-state index in [1.165, 1.54) is 0 Å². The highest BCUT2D eigenvalue weighted by Gasteiger charge is 2.36. The van der Waals surface area contributed by atoms with Gasteiger partial charge in [-0.3, -0.25) is 4.72 Å². The lowest BCUT2D eigenvalue weighted by Crippen LogP contribution is -2.28. The van der Waals surface area contributed by atoms with Crippen molar-refractivity contribution in [2.24, 2.45) is 5.10 Å². The van der Waals surface area contributed by atoms with Crippen molar-refractivity contribution in [3.63, 3.8) is 0 Å². The lowest BCUT2D eigenvalue weighted by atomic mass is 9.98. The quantitative estimate of drug-likeness (QED) is 0.743. The van der Waals surface area contributed by atoms with Gasteiger partial charge < -0.3 is 0 Å². The Balaban J connectivity index is 2.05. The van der Waals surface area contributed by atoms with Crippen molar-refractivity contribution in [2.45, 2.75) is 26.3 Å². The van der Waals surface area contributed by atoms with E-state index in [0.717, 1.165) is 9.98 Å². The maximum absolute atomic E-state index is 12.6. The number of hydrogen-bond acceptors (Lipinski definition) is 5. The summed E-state index contributed by atoms with van der Waals surface area (Å²) < 4.78 is 53.0. The van der Waals surface area contributed by atoms with Crippen LogP contribution in [0.5, 0.6) is 0 Å². The molecule has 0 amide bonds. The van der Waals surface area contributed by atoms with Gasteiger partial charge in [0.1, 0.15) is 0 Å². The van der Waals surface area contributed by atoms with Gasteiger partial charge in [0, 0.05) is 12.0 Å². The molecule has 1 aliphatic heterocycles. The summed E-state index contributed by atoms with van der Waals surface area (Å²) in [4.78, 5) is 0. The fourth-order valence-corrected chi connectivity index (χ4v) is 4.76. The predicted octanol–water partition coefficient (Wildman–Crippen LogP) is 2.95. The summed E-state index contributed by atoms with van der Waals surface area (Å²) in [5.74, 6) is -0.131. The van der Waals surface area contributed by atoms with Gasteiger partial charge in [-0.05, 0) is 25.5 Å². The van der Waals surface area contributed by atoms with E-state index in [0.29, 0.717) is 23.4 Å². The van der Waals surface area contributed by atoms with Crippen molar-refractivity contribution in [3.05, 3.63) is 65.7 Å². The number of nitrogens with one attached hydrogen (secondary N) is 1. The second-order valence-corrected chi connectivity index (χ2v) is 10.5. The molecular formula is C19H23N3O4S2. The molecule has 0 radical (unpaired) electrons. The Labute approximate surface area is 166 Å². The molecule has 1 N–H and O–H groups in total. The fraction of sp³-hybridized carbons (Fsp3) is 0.316. The molecule has 9 heteroatoms. The van der Waals surface area contributed by atoms with Crippen LogP contribution >= 0.6 is 0 Å². The van der Waals surface area contributed by atoms with Crippen molar-refractivity contribution in [3.8, 4) is 0 Å². The Bertz CT molecular complexity index is 1080. The molecule has 7 nitrogen and oxygen atoms in total. The van der Waals surface area contributed by atoms with Crippen LogP contribution in [0.15, 0.2) is 59.7 Å². The molecule has 150 valence electrons. The standard InChI is InChI=1S/C19H23N3O4S2/c1-3-27(23,24)21-17-13-9-8-12-16(17)18-14-19(15-10-6-5-7-11-15)22(20-18)28(25,26)4-2/h5-13,19,21H,3-4,14H2,1-2H3/t19-/m1/s1. The number of hydrogen-bond donors (Lipinski definition) is 1. The lowest BCUT2D eigenvalue weighted by Gasteiger charge is -2.22. The number of hydrazone groups is 1. The normalized spacial score (nSPS) is 17.4. The first-order chi connectivity index (χ1) is 13.3. The Hall–Kier alpha value is -2.39. The fourth-order valence-electron chi connectivity index (χ4n) is 3.03. The van der Waals surface area contributed by atoms with Gasteiger partial charge in [0.15, 0.2) is 0 Å². The summed E-state index contributed by atoms with van der Waals surface area (Å²) in [6.45, 7) is 3.13. The zero-order valence-electron chi connectivity index (χ0n) is 15.7. The smallest absolute Gasteiger partial charge is 0.250 e. The molecule has 2 aromatic rings. The van der Waals surface area contributed by atoms with Gasteiger partial charge >= 0.3 is 0 Å². The van der Waals surface area contributed by atoms with E-state index in [1.54, 1.807) is 38.1 Å². The van der Waals surface area contributed by atoms with Crippen molar-refractivity contribution >= 4 is 31.4 Å². The third-order valence-electron chi connectivity index (χ3n) is 4.59. The third-order valence-corrected chi connectivity index (χ3v) is 7.52. The SMILES string of the molecule is CCS(=O)(=O)Nc1ccccc1C1=NN(S(=O)(=O)CC)[C@@H](c2ccccc2)C1. The van der Waals surface area contributed by atoms with Gasteiger partial charge in [-0.2, -0.15) is 9.52 Å². The van der Waals surface area contributed by atoms with Crippen molar-refractivity contribution in [1.82, 2.24) is 4.41 Å². The van der Waals surface area contributed by atoms with Crippen LogP contribution < -0.4 is 4.72 Å². The van der Waals surface area contributed by atoms with E-state index in [9.17, 15) is 16.8 Å². The van der Waals surface area contributed by atoms with Crippen LogP contribution in [-0.2, 0) is 20.0 Å². The van der Waals surface area contributed by atoms with E-state index in [1.807, 2.05) is 30.3 Å². The molecule has 3 rings (SSSR count). The maximum atomic E-state index is 12.6. The van der Waals surface area contributed by atoms with Crippen molar-refractivity contribution in [1.29, 1.82) is 0 Å². The first-order valence-electron chi connectivity index (χ1n) is 9.02. The van der Waals surface area contributed by atoms with E-state index >= 15 is 0 Å². The Morgan fingerprint density at radius 2 is 1.61 bits per heavy atom. The molecule has 28 heavy (non-hydrogen) atoms. The highest BCUT2D eigenvalue weighted by atomic mass is 32.2. The minimum atomic E-state index is -3.58. The van der Waals surface area contributed by atoms with Crippen molar-refractivity contribution in [2.75, 3.05) is 16.2 Å². The van der Waals surface area contributed by atoms with Gasteiger partial charge in [-0.25, -0.2) is 16.8 Å². The summed E-state index contributed by atoms with van der Waals surface area (Å²) >= 11 is 0. The average Bonchev–Trinajstić information content (AvgIpc) is 3.15. The molecule has 1 aliphatic rings. The molecule has 0 saturated heterocycles. The highest BCUT2D eigenvalue weighted by molar-refractivity contribution is 7.92. The van der Waals surface area contributed by atoms with Gasteiger partial charge in [-0.1, -0.05) is 48.5 Å². The number of sulfonamides is 2. The minimum Gasteiger partial charge on any atom is -0.283 e. The van der Waals surface area contributed by atoms with Crippen LogP contribution in [0.2, 0.25) is 0 Å². The van der Waals surface area contributed by atoms with E-state index in [-0.39, 0.29) is 11.5 Å². The monoisotopic (exact) mass is 421 g/mol. The van der Waals surface area contributed by atoms with Gasteiger partial charge in [0.2, 0.25) is 20.0 Å². The molecule has 0 spiro atoms. The van der Waals surface area contributed by atoms with Crippen LogP contribution in [0.25, 0.3) is 0 Å². The number of para-hydroxylation sites is 1. The minimum absolute atomic E-state index is 0.0587. The lowest BCUT2D eigenvalue weighted by molar-refractivity contribution is 0.372. The first kappa shape index (κ1) is 20.3. The van der Waals surface area contributed by atoms with Gasteiger partial charge in [0.25, 0.3) is 0 Å². The number of nitrogens with zero attached hydrogens (tertiary/aromatic N) is 2. The summed E-state index contributed by atoms with van der Waals surface area (Å²) in [6, 6.07) is 15.7. The molecule has 0 saturated carbocycles. The predicted molar refractivity (Wildman–Crippen MR) is 111 cm³/mol. The molecular weight excluding hydrogens is 398 g/mol. The van der Waals surface area contributed by atoms with Crippen LogP contribution in [0, 0.1) is 0 Å². The first-order valence-corrected chi connectivity index (χ1v) is 12.3. The molecule has 2 aromatic carbocycles. The molecule has 0 unspecified atom stereocenters. The Kier molecular flexibility index (Phi) is 5.76. The molecule has 0 bridgehead atoms. The van der Waals surface area contributed by atoms with Gasteiger partial charge in [0.05, 0.1) is 28.9 Å². The van der Waals surface area contributed by atoms with Gasteiger partial charge in [-0.15, -0.1) is 0 Å². The number of rotatable bonds is 7. The van der Waals surface area contributed by atoms with Crippen LogP contribution in [0.1, 0.15) is 37.4 Å². The molecule has 0 fully saturated rings. The highest BCUT2D eigenvalue weighted by Crippen LogP contribution is 2.36.